The number of nitrogens with two attached hydrogens (primary N) is 1. The van der Waals surface area contributed by atoms with Gasteiger partial charge >= 0.3 is 0 Å². The van der Waals surface area contributed by atoms with Crippen molar-refractivity contribution < 1.29 is 0 Å². The number of rotatable bonds is 2. The SMILES string of the molecule is CCN=C(N)Nc1cccc(Cl)c1. The van der Waals surface area contributed by atoms with Crippen LogP contribution in [0.2, 0.25) is 5.02 Å². The van der Waals surface area contributed by atoms with Crippen molar-refractivity contribution in [2.75, 3.05) is 11.9 Å². The van der Waals surface area contributed by atoms with E-state index < -0.39 is 0 Å². The fourth-order valence-electron chi connectivity index (χ4n) is 0.924. The maximum atomic E-state index is 5.78. The van der Waals surface area contributed by atoms with Crippen LogP contribution in [0.5, 0.6) is 0 Å². The van der Waals surface area contributed by atoms with Gasteiger partial charge in [0.2, 0.25) is 0 Å². The van der Waals surface area contributed by atoms with E-state index in [1.807, 2.05) is 19.1 Å². The number of guanidine groups is 1. The summed E-state index contributed by atoms with van der Waals surface area (Å²) < 4.78 is 0. The first kappa shape index (κ1) is 9.86. The van der Waals surface area contributed by atoms with E-state index in [9.17, 15) is 0 Å². The molecule has 0 heterocycles. The zero-order valence-corrected chi connectivity index (χ0v) is 8.17. The lowest BCUT2D eigenvalue weighted by atomic mass is 10.3. The van der Waals surface area contributed by atoms with Gasteiger partial charge in [-0.2, -0.15) is 0 Å². The normalized spacial score (nSPS) is 11.4. The number of nitrogens with one attached hydrogen (secondary N) is 1. The average molecular weight is 198 g/mol. The minimum absolute atomic E-state index is 0.407. The third kappa shape index (κ3) is 3.34. The van der Waals surface area contributed by atoms with Crippen LogP contribution in [-0.4, -0.2) is 12.5 Å². The van der Waals surface area contributed by atoms with Crippen molar-refractivity contribution in [2.45, 2.75) is 6.92 Å². The lowest BCUT2D eigenvalue weighted by molar-refractivity contribution is 1.12. The van der Waals surface area contributed by atoms with Gasteiger partial charge in [0.15, 0.2) is 5.96 Å². The second kappa shape index (κ2) is 4.72. The van der Waals surface area contributed by atoms with Crippen LogP contribution in [0.4, 0.5) is 5.69 Å². The summed E-state index contributed by atoms with van der Waals surface area (Å²) in [6.45, 7) is 2.59. The molecule has 0 aromatic heterocycles. The topological polar surface area (TPSA) is 50.4 Å². The van der Waals surface area contributed by atoms with Crippen LogP contribution >= 0.6 is 11.6 Å². The van der Waals surface area contributed by atoms with Crippen molar-refractivity contribution in [1.29, 1.82) is 0 Å². The van der Waals surface area contributed by atoms with Gasteiger partial charge < -0.3 is 11.1 Å². The fraction of sp³-hybridized carbons (Fsp3) is 0.222. The highest BCUT2D eigenvalue weighted by molar-refractivity contribution is 6.30. The first-order chi connectivity index (χ1) is 6.22. The van der Waals surface area contributed by atoms with E-state index in [0.29, 0.717) is 17.5 Å². The van der Waals surface area contributed by atoms with Crippen molar-refractivity contribution in [3.8, 4) is 0 Å². The molecule has 3 nitrogen and oxygen atoms in total. The van der Waals surface area contributed by atoms with Gasteiger partial charge in [0, 0.05) is 17.3 Å². The van der Waals surface area contributed by atoms with Crippen LogP contribution in [0, 0.1) is 0 Å². The summed E-state index contributed by atoms with van der Waals surface area (Å²) in [5, 5.41) is 3.60. The summed E-state index contributed by atoms with van der Waals surface area (Å²) in [4.78, 5) is 3.99. The maximum Gasteiger partial charge on any atom is 0.193 e. The molecule has 0 unspecified atom stereocenters. The van der Waals surface area contributed by atoms with E-state index in [0.717, 1.165) is 5.69 Å². The van der Waals surface area contributed by atoms with Crippen molar-refractivity contribution in [1.82, 2.24) is 0 Å². The van der Waals surface area contributed by atoms with Crippen molar-refractivity contribution in [2.24, 2.45) is 10.7 Å². The zero-order chi connectivity index (χ0) is 9.68. The van der Waals surface area contributed by atoms with Gasteiger partial charge in [0.25, 0.3) is 0 Å². The first-order valence-corrected chi connectivity index (χ1v) is 4.42. The molecule has 0 aliphatic heterocycles. The molecule has 3 N–H and O–H groups in total. The van der Waals surface area contributed by atoms with E-state index in [2.05, 4.69) is 10.3 Å². The van der Waals surface area contributed by atoms with Gasteiger partial charge in [0.05, 0.1) is 0 Å². The molecule has 0 aliphatic carbocycles. The Labute approximate surface area is 82.6 Å². The molecule has 0 aliphatic rings. The van der Waals surface area contributed by atoms with Gasteiger partial charge in [-0.25, -0.2) is 0 Å². The lowest BCUT2D eigenvalue weighted by Crippen LogP contribution is -2.22. The smallest absolute Gasteiger partial charge is 0.193 e. The summed E-state index contributed by atoms with van der Waals surface area (Å²) in [6, 6.07) is 7.33. The first-order valence-electron chi connectivity index (χ1n) is 4.05. The predicted octanol–water partition coefficient (Wildman–Crippen LogP) is 2.09. The van der Waals surface area contributed by atoms with Gasteiger partial charge in [0.1, 0.15) is 0 Å². The molecule has 0 fully saturated rings. The highest BCUT2D eigenvalue weighted by Crippen LogP contribution is 2.14. The molecule has 0 atom stereocenters. The predicted molar refractivity (Wildman–Crippen MR) is 57.2 cm³/mol. The second-order valence-corrected chi connectivity index (χ2v) is 2.93. The Kier molecular flexibility index (Phi) is 3.58. The van der Waals surface area contributed by atoms with E-state index in [1.165, 1.54) is 0 Å². The summed E-state index contributed by atoms with van der Waals surface area (Å²) in [5.41, 5.74) is 6.41. The van der Waals surface area contributed by atoms with Gasteiger partial charge in [-0.1, -0.05) is 17.7 Å². The highest BCUT2D eigenvalue weighted by atomic mass is 35.5. The van der Waals surface area contributed by atoms with Crippen LogP contribution in [0.3, 0.4) is 0 Å². The molecule has 1 aromatic carbocycles. The van der Waals surface area contributed by atoms with Gasteiger partial charge in [-0.15, -0.1) is 0 Å². The van der Waals surface area contributed by atoms with E-state index in [-0.39, 0.29) is 0 Å². The minimum Gasteiger partial charge on any atom is -0.370 e. The summed E-state index contributed by atoms with van der Waals surface area (Å²) in [6.07, 6.45) is 0. The third-order valence-electron chi connectivity index (χ3n) is 1.43. The molecule has 0 spiro atoms. The van der Waals surface area contributed by atoms with Crippen LogP contribution in [0.25, 0.3) is 0 Å². The number of nitrogens with zero attached hydrogens (tertiary/aromatic N) is 1. The van der Waals surface area contributed by atoms with Crippen LogP contribution in [-0.2, 0) is 0 Å². The Morgan fingerprint density at radius 2 is 2.38 bits per heavy atom. The standard InChI is InChI=1S/C9H12ClN3/c1-2-12-9(11)13-8-5-3-4-7(10)6-8/h3-6H,2H2,1H3,(H3,11,12,13). The molecular formula is C9H12ClN3. The Hall–Kier alpha value is -1.22. The fourth-order valence-corrected chi connectivity index (χ4v) is 1.11. The number of benzene rings is 1. The molecule has 0 amide bonds. The highest BCUT2D eigenvalue weighted by Gasteiger charge is 1.94. The second-order valence-electron chi connectivity index (χ2n) is 2.49. The summed E-state index contributed by atoms with van der Waals surface area (Å²) >= 11 is 5.78. The Bertz CT molecular complexity index is 309. The van der Waals surface area contributed by atoms with Crippen LogP contribution in [0.15, 0.2) is 29.3 Å². The number of hydrogen-bond acceptors (Lipinski definition) is 1. The molecule has 0 saturated carbocycles. The number of anilines is 1. The minimum atomic E-state index is 0.407. The lowest BCUT2D eigenvalue weighted by Gasteiger charge is -2.04. The van der Waals surface area contributed by atoms with E-state index >= 15 is 0 Å². The molecule has 4 heteroatoms. The molecule has 0 bridgehead atoms. The van der Waals surface area contributed by atoms with Gasteiger partial charge in [-0.05, 0) is 25.1 Å². The molecule has 1 aromatic rings. The van der Waals surface area contributed by atoms with E-state index in [1.54, 1.807) is 12.1 Å². The van der Waals surface area contributed by atoms with Gasteiger partial charge in [-0.3, -0.25) is 4.99 Å². The molecule has 70 valence electrons. The maximum absolute atomic E-state index is 5.78. The Morgan fingerprint density at radius 3 is 3.00 bits per heavy atom. The molecule has 0 saturated heterocycles. The Balaban J connectivity index is 2.69. The number of halogens is 1. The van der Waals surface area contributed by atoms with Crippen molar-refractivity contribution >= 4 is 23.2 Å². The number of hydrogen-bond donors (Lipinski definition) is 2. The van der Waals surface area contributed by atoms with E-state index in [4.69, 9.17) is 17.3 Å². The molecular weight excluding hydrogens is 186 g/mol. The van der Waals surface area contributed by atoms with Crippen LogP contribution < -0.4 is 11.1 Å². The van der Waals surface area contributed by atoms with Crippen molar-refractivity contribution in [3.05, 3.63) is 29.3 Å². The molecule has 1 rings (SSSR count). The monoisotopic (exact) mass is 197 g/mol. The molecule has 0 radical (unpaired) electrons. The zero-order valence-electron chi connectivity index (χ0n) is 7.42. The average Bonchev–Trinajstić information content (AvgIpc) is 2.04. The van der Waals surface area contributed by atoms with Crippen molar-refractivity contribution in [3.63, 3.8) is 0 Å². The molecule has 13 heavy (non-hydrogen) atoms. The largest absolute Gasteiger partial charge is 0.370 e. The number of aliphatic imine (C=N–C) groups is 1. The summed E-state index contributed by atoms with van der Waals surface area (Å²) in [7, 11) is 0. The van der Waals surface area contributed by atoms with Crippen LogP contribution in [0.1, 0.15) is 6.92 Å². The quantitative estimate of drug-likeness (QED) is 0.564. The summed E-state index contributed by atoms with van der Waals surface area (Å²) in [5.74, 6) is 0.407. The third-order valence-corrected chi connectivity index (χ3v) is 1.66. The Morgan fingerprint density at radius 1 is 1.62 bits per heavy atom.